The third-order valence-electron chi connectivity index (χ3n) is 5.76. The Balaban J connectivity index is 1.39. The van der Waals surface area contributed by atoms with E-state index in [-0.39, 0.29) is 12.5 Å². The van der Waals surface area contributed by atoms with Crippen LogP contribution in [0.1, 0.15) is 12.5 Å². The highest BCUT2D eigenvalue weighted by Gasteiger charge is 2.50. The summed E-state index contributed by atoms with van der Waals surface area (Å²) in [6.07, 6.45) is 0. The Morgan fingerprint density at radius 3 is 2.62 bits per heavy atom. The van der Waals surface area contributed by atoms with Crippen molar-refractivity contribution in [1.82, 2.24) is 10.2 Å². The molecular weight excluding hydrogens is 416 g/mol. The van der Waals surface area contributed by atoms with Gasteiger partial charge in [-0.2, -0.15) is 0 Å². The van der Waals surface area contributed by atoms with Gasteiger partial charge >= 0.3 is 6.03 Å². The molecule has 0 bridgehead atoms. The largest absolute Gasteiger partial charge is 0.486 e. The third kappa shape index (κ3) is 3.11. The van der Waals surface area contributed by atoms with Gasteiger partial charge in [-0.05, 0) is 36.8 Å². The number of para-hydroxylation sites is 2. The van der Waals surface area contributed by atoms with E-state index in [0.717, 1.165) is 4.90 Å². The van der Waals surface area contributed by atoms with E-state index >= 15 is 0 Å². The number of nitrogens with one attached hydrogen (secondary N) is 2. The highest BCUT2D eigenvalue weighted by atomic mass is 16.6. The molecule has 2 aromatic rings. The molecular formula is C22H20N4O6. The topological polar surface area (TPSA) is 117 Å². The Hall–Kier alpha value is -4.08. The van der Waals surface area contributed by atoms with Crippen LogP contribution in [0, 0.1) is 0 Å². The number of amides is 5. The number of carbonyl (C=O) groups excluding carboxylic acids is 4. The van der Waals surface area contributed by atoms with Crippen molar-refractivity contribution in [3.8, 4) is 11.5 Å². The standard InChI is InChI=1S/C22H20N4O6/c1-22(13-6-7-16-17(10-13)32-9-8-31-16)20(29)26(21(30)24-22)12-19(28)25-11-18(27)23-14-4-2-3-5-15(14)25/h2-7,10H,8-9,11-12H2,1H3,(H,23,27)(H,24,30). The van der Waals surface area contributed by atoms with Gasteiger partial charge in [-0.15, -0.1) is 0 Å². The van der Waals surface area contributed by atoms with Gasteiger partial charge in [0, 0.05) is 0 Å². The summed E-state index contributed by atoms with van der Waals surface area (Å²) in [5.74, 6) is -0.406. The summed E-state index contributed by atoms with van der Waals surface area (Å²) in [6.45, 7) is 1.71. The number of carbonyl (C=O) groups is 4. The molecule has 2 aromatic carbocycles. The zero-order chi connectivity index (χ0) is 22.5. The lowest BCUT2D eigenvalue weighted by molar-refractivity contribution is -0.134. The molecule has 0 aromatic heterocycles. The number of fused-ring (bicyclic) bond motifs is 2. The molecule has 0 saturated carbocycles. The van der Waals surface area contributed by atoms with Crippen molar-refractivity contribution >= 4 is 35.1 Å². The van der Waals surface area contributed by atoms with Crippen LogP contribution in [0.2, 0.25) is 0 Å². The summed E-state index contributed by atoms with van der Waals surface area (Å²) < 4.78 is 11.1. The lowest BCUT2D eigenvalue weighted by Crippen LogP contribution is -2.48. The molecule has 1 saturated heterocycles. The third-order valence-corrected chi connectivity index (χ3v) is 5.76. The van der Waals surface area contributed by atoms with Crippen LogP contribution in [-0.4, -0.2) is 55.0 Å². The van der Waals surface area contributed by atoms with Crippen molar-refractivity contribution in [2.75, 3.05) is 36.5 Å². The van der Waals surface area contributed by atoms with Gasteiger partial charge in [0.2, 0.25) is 11.8 Å². The molecule has 0 spiro atoms. The molecule has 3 aliphatic rings. The normalized spacial score (nSPS) is 21.7. The van der Waals surface area contributed by atoms with Crippen molar-refractivity contribution in [2.24, 2.45) is 0 Å². The van der Waals surface area contributed by atoms with Gasteiger partial charge < -0.3 is 20.1 Å². The Morgan fingerprint density at radius 2 is 1.81 bits per heavy atom. The van der Waals surface area contributed by atoms with Crippen LogP contribution in [-0.2, 0) is 19.9 Å². The average Bonchev–Trinajstić information content (AvgIpc) is 3.02. The molecule has 1 atom stereocenters. The van der Waals surface area contributed by atoms with Crippen LogP contribution in [0.3, 0.4) is 0 Å². The van der Waals surface area contributed by atoms with Crippen molar-refractivity contribution in [1.29, 1.82) is 0 Å². The molecule has 1 unspecified atom stereocenters. The molecule has 164 valence electrons. The molecule has 10 nitrogen and oxygen atoms in total. The number of anilines is 2. The maximum atomic E-state index is 13.3. The number of urea groups is 1. The van der Waals surface area contributed by atoms with Gasteiger partial charge in [-0.25, -0.2) is 4.79 Å². The predicted octanol–water partition coefficient (Wildman–Crippen LogP) is 1.21. The monoisotopic (exact) mass is 436 g/mol. The highest BCUT2D eigenvalue weighted by molar-refractivity contribution is 6.14. The number of hydrogen-bond acceptors (Lipinski definition) is 6. The van der Waals surface area contributed by atoms with Crippen LogP contribution in [0.4, 0.5) is 16.2 Å². The number of ether oxygens (including phenoxy) is 2. The first-order chi connectivity index (χ1) is 15.4. The van der Waals surface area contributed by atoms with Gasteiger partial charge in [0.1, 0.15) is 31.8 Å². The summed E-state index contributed by atoms with van der Waals surface area (Å²) in [5, 5.41) is 5.38. The Bertz CT molecular complexity index is 1160. The summed E-state index contributed by atoms with van der Waals surface area (Å²) in [4.78, 5) is 53.1. The molecule has 0 radical (unpaired) electrons. The smallest absolute Gasteiger partial charge is 0.325 e. The lowest BCUT2D eigenvalue weighted by Gasteiger charge is -2.30. The summed E-state index contributed by atoms with van der Waals surface area (Å²) >= 11 is 0. The van der Waals surface area contributed by atoms with Crippen LogP contribution in [0.15, 0.2) is 42.5 Å². The van der Waals surface area contributed by atoms with Gasteiger partial charge in [0.05, 0.1) is 11.4 Å². The highest BCUT2D eigenvalue weighted by Crippen LogP contribution is 2.37. The van der Waals surface area contributed by atoms with E-state index in [9.17, 15) is 19.2 Å². The summed E-state index contributed by atoms with van der Waals surface area (Å²) in [7, 11) is 0. The molecule has 2 N–H and O–H groups in total. The van der Waals surface area contributed by atoms with E-state index < -0.39 is 29.9 Å². The van der Waals surface area contributed by atoms with Crippen molar-refractivity contribution in [3.05, 3.63) is 48.0 Å². The quantitative estimate of drug-likeness (QED) is 0.699. The van der Waals surface area contributed by atoms with Crippen molar-refractivity contribution in [3.63, 3.8) is 0 Å². The SMILES string of the molecule is CC1(c2ccc3c(c2)OCCO3)NC(=O)N(CC(=O)N2CC(=O)Nc3ccccc32)C1=O. The molecule has 3 heterocycles. The Labute approximate surface area is 183 Å². The second kappa shape index (κ2) is 7.26. The van der Waals surface area contributed by atoms with E-state index in [1.807, 2.05) is 0 Å². The zero-order valence-corrected chi connectivity index (χ0v) is 17.2. The first-order valence-corrected chi connectivity index (χ1v) is 10.1. The molecule has 0 aliphatic carbocycles. The van der Waals surface area contributed by atoms with Crippen LogP contribution >= 0.6 is 0 Å². The summed E-state index contributed by atoms with van der Waals surface area (Å²) in [5.41, 5.74) is 0.150. The maximum absolute atomic E-state index is 13.3. The predicted molar refractivity (Wildman–Crippen MR) is 112 cm³/mol. The number of imide groups is 1. The van der Waals surface area contributed by atoms with Crippen LogP contribution in [0.5, 0.6) is 11.5 Å². The maximum Gasteiger partial charge on any atom is 0.325 e. The van der Waals surface area contributed by atoms with Crippen LogP contribution in [0.25, 0.3) is 0 Å². The van der Waals surface area contributed by atoms with Gasteiger partial charge in [0.15, 0.2) is 11.5 Å². The first-order valence-electron chi connectivity index (χ1n) is 10.1. The second-order valence-corrected chi connectivity index (χ2v) is 7.85. The van der Waals surface area contributed by atoms with Crippen LogP contribution < -0.4 is 25.0 Å². The summed E-state index contributed by atoms with van der Waals surface area (Å²) in [6, 6.07) is 11.2. The Morgan fingerprint density at radius 1 is 1.06 bits per heavy atom. The fourth-order valence-corrected chi connectivity index (χ4v) is 4.07. The molecule has 10 heteroatoms. The van der Waals surface area contributed by atoms with Crippen molar-refractivity contribution in [2.45, 2.75) is 12.5 Å². The lowest BCUT2D eigenvalue weighted by atomic mass is 9.91. The van der Waals surface area contributed by atoms with E-state index in [4.69, 9.17) is 9.47 Å². The van der Waals surface area contributed by atoms with E-state index in [2.05, 4.69) is 10.6 Å². The average molecular weight is 436 g/mol. The van der Waals surface area contributed by atoms with Crippen molar-refractivity contribution < 1.29 is 28.7 Å². The minimum Gasteiger partial charge on any atom is -0.486 e. The van der Waals surface area contributed by atoms with E-state index in [1.54, 1.807) is 49.4 Å². The molecule has 5 amide bonds. The Kier molecular flexibility index (Phi) is 4.50. The van der Waals surface area contributed by atoms with E-state index in [1.165, 1.54) is 4.90 Å². The molecule has 32 heavy (non-hydrogen) atoms. The van der Waals surface area contributed by atoms with Gasteiger partial charge in [-0.3, -0.25) is 24.2 Å². The second-order valence-electron chi connectivity index (χ2n) is 7.85. The molecule has 5 rings (SSSR count). The zero-order valence-electron chi connectivity index (χ0n) is 17.2. The number of rotatable bonds is 3. The minimum absolute atomic E-state index is 0.196. The first kappa shape index (κ1) is 19.9. The van der Waals surface area contributed by atoms with E-state index in [0.29, 0.717) is 41.7 Å². The molecule has 1 fully saturated rings. The fraction of sp³-hybridized carbons (Fsp3) is 0.273. The fourth-order valence-electron chi connectivity index (χ4n) is 4.07. The molecule has 3 aliphatic heterocycles. The van der Waals surface area contributed by atoms with Gasteiger partial charge in [0.25, 0.3) is 5.91 Å². The number of nitrogens with zero attached hydrogens (tertiary/aromatic N) is 2. The minimum atomic E-state index is -1.37. The van der Waals surface area contributed by atoms with Gasteiger partial charge in [-0.1, -0.05) is 18.2 Å². The number of hydrogen-bond donors (Lipinski definition) is 2. The number of benzene rings is 2.